The summed E-state index contributed by atoms with van der Waals surface area (Å²) in [6.45, 7) is 1.16. The molecule has 110 valence electrons. The molecule has 2 aliphatic rings. The average Bonchev–Trinajstić information content (AvgIpc) is 2.90. The number of hydrogen-bond acceptors (Lipinski definition) is 2. The van der Waals surface area contributed by atoms with Crippen LogP contribution < -0.4 is 0 Å². The van der Waals surface area contributed by atoms with E-state index in [0.717, 1.165) is 30.9 Å². The van der Waals surface area contributed by atoms with Gasteiger partial charge >= 0.3 is 0 Å². The highest BCUT2D eigenvalue weighted by Gasteiger charge is 2.30. The Hall–Kier alpha value is -0.860. The van der Waals surface area contributed by atoms with Gasteiger partial charge in [-0.05, 0) is 56.2 Å². The lowest BCUT2D eigenvalue weighted by Crippen LogP contribution is -2.39. The van der Waals surface area contributed by atoms with Gasteiger partial charge in [0.25, 0.3) is 0 Å². The molecule has 2 atom stereocenters. The monoisotopic (exact) mass is 273 g/mol. The van der Waals surface area contributed by atoms with Crippen molar-refractivity contribution in [3.63, 3.8) is 0 Å². The first kappa shape index (κ1) is 14.1. The second kappa shape index (κ2) is 6.28. The Morgan fingerprint density at radius 2 is 1.85 bits per heavy atom. The van der Waals surface area contributed by atoms with Gasteiger partial charge in [-0.2, -0.15) is 0 Å². The van der Waals surface area contributed by atoms with E-state index in [9.17, 15) is 5.11 Å². The molecule has 2 unspecified atom stereocenters. The summed E-state index contributed by atoms with van der Waals surface area (Å²) in [4.78, 5) is 2.43. The van der Waals surface area contributed by atoms with Gasteiger partial charge in [-0.25, -0.2) is 0 Å². The van der Waals surface area contributed by atoms with E-state index in [0.29, 0.717) is 6.04 Å². The van der Waals surface area contributed by atoms with Crippen LogP contribution in [0, 0.1) is 5.92 Å². The molecule has 2 heteroatoms. The maximum Gasteiger partial charge on any atom is 0.0947 e. The number of hydrogen-bond donors (Lipinski definition) is 1. The van der Waals surface area contributed by atoms with Gasteiger partial charge in [0.15, 0.2) is 0 Å². The summed E-state index contributed by atoms with van der Waals surface area (Å²) in [7, 11) is 2.21. The second-order valence-corrected chi connectivity index (χ2v) is 6.69. The standard InChI is InChI=1S/C18H27NO/c1-19(13-14-7-2-3-8-14)17-12-6-10-15-9-4-5-11-16(15)18(17)20/h4-5,9,11,14,17-18,20H,2-3,6-8,10,12-13H2,1H3. The fraction of sp³-hybridized carbons (Fsp3) is 0.667. The lowest BCUT2D eigenvalue weighted by Gasteiger charge is -2.33. The summed E-state index contributed by atoms with van der Waals surface area (Å²) in [5.74, 6) is 0.852. The van der Waals surface area contributed by atoms with Crippen LogP contribution in [0.5, 0.6) is 0 Å². The van der Waals surface area contributed by atoms with Crippen LogP contribution in [0.1, 0.15) is 55.8 Å². The Morgan fingerprint density at radius 3 is 2.65 bits per heavy atom. The maximum absolute atomic E-state index is 10.8. The van der Waals surface area contributed by atoms with Crippen LogP contribution in [0.15, 0.2) is 24.3 Å². The summed E-state index contributed by atoms with van der Waals surface area (Å²) >= 11 is 0. The Labute approximate surface area is 122 Å². The van der Waals surface area contributed by atoms with Crippen molar-refractivity contribution in [1.29, 1.82) is 0 Å². The van der Waals surface area contributed by atoms with Gasteiger partial charge in [0.2, 0.25) is 0 Å². The largest absolute Gasteiger partial charge is 0.387 e. The first-order valence-corrected chi connectivity index (χ1v) is 8.22. The summed E-state index contributed by atoms with van der Waals surface area (Å²) in [6.07, 6.45) is 8.64. The topological polar surface area (TPSA) is 23.5 Å². The van der Waals surface area contributed by atoms with E-state index < -0.39 is 0 Å². The lowest BCUT2D eigenvalue weighted by atomic mass is 9.97. The van der Waals surface area contributed by atoms with Gasteiger partial charge in [0.1, 0.15) is 0 Å². The van der Waals surface area contributed by atoms with Crippen LogP contribution in [0.3, 0.4) is 0 Å². The highest BCUT2D eigenvalue weighted by Crippen LogP contribution is 2.33. The fourth-order valence-corrected chi connectivity index (χ4v) is 4.11. The zero-order valence-corrected chi connectivity index (χ0v) is 12.6. The smallest absolute Gasteiger partial charge is 0.0947 e. The van der Waals surface area contributed by atoms with E-state index in [2.05, 4.69) is 36.2 Å². The molecule has 0 aliphatic heterocycles. The van der Waals surface area contributed by atoms with Crippen LogP contribution in [-0.2, 0) is 6.42 Å². The molecule has 0 aromatic heterocycles. The molecule has 0 amide bonds. The van der Waals surface area contributed by atoms with Gasteiger partial charge < -0.3 is 10.0 Å². The minimum atomic E-state index is -0.319. The number of benzene rings is 1. The van der Waals surface area contributed by atoms with Gasteiger partial charge in [-0.15, -0.1) is 0 Å². The first-order valence-electron chi connectivity index (χ1n) is 8.22. The number of aryl methyl sites for hydroxylation is 1. The van der Waals surface area contributed by atoms with E-state index >= 15 is 0 Å². The number of nitrogens with zero attached hydrogens (tertiary/aromatic N) is 1. The van der Waals surface area contributed by atoms with Crippen LogP contribution in [-0.4, -0.2) is 29.6 Å². The Morgan fingerprint density at radius 1 is 1.10 bits per heavy atom. The molecule has 1 aromatic rings. The summed E-state index contributed by atoms with van der Waals surface area (Å²) in [6, 6.07) is 8.73. The van der Waals surface area contributed by atoms with Crippen LogP contribution in [0.4, 0.5) is 0 Å². The van der Waals surface area contributed by atoms with Gasteiger partial charge in [0.05, 0.1) is 6.10 Å². The molecule has 2 aliphatic carbocycles. The molecule has 0 radical (unpaired) electrons. The number of aliphatic hydroxyl groups excluding tert-OH is 1. The number of fused-ring (bicyclic) bond motifs is 1. The first-order chi connectivity index (χ1) is 9.75. The molecule has 0 saturated heterocycles. The SMILES string of the molecule is CN(CC1CCCC1)C1CCCc2ccccc2C1O. The van der Waals surface area contributed by atoms with Crippen molar-refractivity contribution in [2.24, 2.45) is 5.92 Å². The van der Waals surface area contributed by atoms with Crippen molar-refractivity contribution in [3.05, 3.63) is 35.4 Å². The molecule has 1 aromatic carbocycles. The van der Waals surface area contributed by atoms with Gasteiger partial charge in [-0.1, -0.05) is 37.1 Å². The van der Waals surface area contributed by atoms with E-state index in [4.69, 9.17) is 0 Å². The maximum atomic E-state index is 10.8. The predicted octanol–water partition coefficient (Wildman–Crippen LogP) is 3.55. The predicted molar refractivity (Wildman–Crippen MR) is 82.7 cm³/mol. The molecule has 0 bridgehead atoms. The van der Waals surface area contributed by atoms with Crippen molar-refractivity contribution in [2.75, 3.05) is 13.6 Å². The zero-order valence-electron chi connectivity index (χ0n) is 12.6. The normalized spacial score (nSPS) is 27.6. The minimum absolute atomic E-state index is 0.291. The van der Waals surface area contributed by atoms with Crippen molar-refractivity contribution in [1.82, 2.24) is 4.90 Å². The molecule has 2 nitrogen and oxygen atoms in total. The summed E-state index contributed by atoms with van der Waals surface area (Å²) < 4.78 is 0. The quantitative estimate of drug-likeness (QED) is 0.851. The lowest BCUT2D eigenvalue weighted by molar-refractivity contribution is 0.0515. The summed E-state index contributed by atoms with van der Waals surface area (Å²) in [5.41, 5.74) is 2.50. The number of aliphatic hydroxyl groups is 1. The number of likely N-dealkylation sites (N-methyl/N-ethyl adjacent to an activating group) is 1. The highest BCUT2D eigenvalue weighted by molar-refractivity contribution is 5.31. The molecule has 1 N–H and O–H groups in total. The van der Waals surface area contributed by atoms with Crippen LogP contribution in [0.25, 0.3) is 0 Å². The third kappa shape index (κ3) is 2.91. The van der Waals surface area contributed by atoms with Gasteiger partial charge in [-0.3, -0.25) is 0 Å². The Kier molecular flexibility index (Phi) is 4.42. The minimum Gasteiger partial charge on any atom is -0.387 e. The van der Waals surface area contributed by atoms with E-state index in [1.54, 1.807) is 0 Å². The molecule has 0 heterocycles. The van der Waals surface area contributed by atoms with E-state index in [1.165, 1.54) is 37.7 Å². The second-order valence-electron chi connectivity index (χ2n) is 6.69. The third-order valence-corrected chi connectivity index (χ3v) is 5.27. The fourth-order valence-electron chi connectivity index (χ4n) is 4.11. The Bertz CT molecular complexity index is 439. The van der Waals surface area contributed by atoms with E-state index in [1.807, 2.05) is 0 Å². The molecule has 0 spiro atoms. The highest BCUT2D eigenvalue weighted by atomic mass is 16.3. The number of rotatable bonds is 3. The molecule has 3 rings (SSSR count). The molecular formula is C18H27NO. The van der Waals surface area contributed by atoms with Gasteiger partial charge in [0, 0.05) is 12.6 Å². The molecular weight excluding hydrogens is 246 g/mol. The molecule has 1 saturated carbocycles. The van der Waals surface area contributed by atoms with Crippen molar-refractivity contribution in [3.8, 4) is 0 Å². The van der Waals surface area contributed by atoms with Crippen molar-refractivity contribution >= 4 is 0 Å². The van der Waals surface area contributed by atoms with E-state index in [-0.39, 0.29) is 6.10 Å². The average molecular weight is 273 g/mol. The molecule has 1 fully saturated rings. The summed E-state index contributed by atoms with van der Waals surface area (Å²) in [5, 5.41) is 10.8. The van der Waals surface area contributed by atoms with Crippen molar-refractivity contribution < 1.29 is 5.11 Å². The van der Waals surface area contributed by atoms with Crippen molar-refractivity contribution in [2.45, 2.75) is 57.1 Å². The molecule has 20 heavy (non-hydrogen) atoms. The Balaban J connectivity index is 1.72. The zero-order chi connectivity index (χ0) is 13.9. The van der Waals surface area contributed by atoms with Crippen LogP contribution >= 0.6 is 0 Å². The third-order valence-electron chi connectivity index (χ3n) is 5.27. The van der Waals surface area contributed by atoms with Crippen LogP contribution in [0.2, 0.25) is 0 Å².